The van der Waals surface area contributed by atoms with Crippen molar-refractivity contribution in [2.75, 3.05) is 0 Å². The van der Waals surface area contributed by atoms with Gasteiger partial charge in [-0.15, -0.1) is 11.3 Å². The molecule has 0 fully saturated rings. The maximum Gasteiger partial charge on any atom is 0.270 e. The van der Waals surface area contributed by atoms with Crippen LogP contribution in [0.25, 0.3) is 0 Å². The van der Waals surface area contributed by atoms with Gasteiger partial charge in [0.15, 0.2) is 5.16 Å². The number of aromatic nitrogens is 2. The number of aliphatic imine (C=N–C) groups is 1. The number of benzene rings is 1. The summed E-state index contributed by atoms with van der Waals surface area (Å²) in [5.74, 6) is 0. The van der Waals surface area contributed by atoms with Crippen LogP contribution in [0, 0.1) is 35.3 Å². The van der Waals surface area contributed by atoms with Crippen LogP contribution in [0.5, 0.6) is 0 Å². The largest absolute Gasteiger partial charge is 0.270 e. The Bertz CT molecular complexity index is 1220. The molecular formula is C22H19N5O2S2. The van der Waals surface area contributed by atoms with Crippen molar-refractivity contribution >= 4 is 40.0 Å². The van der Waals surface area contributed by atoms with Crippen molar-refractivity contribution < 1.29 is 4.92 Å². The number of nitro benzene ring substituents is 1. The summed E-state index contributed by atoms with van der Waals surface area (Å²) in [5.41, 5.74) is 4.04. The van der Waals surface area contributed by atoms with E-state index in [1.165, 1.54) is 28.8 Å². The first-order chi connectivity index (χ1) is 14.9. The number of hydrogen-bond acceptors (Lipinski definition) is 8. The quantitative estimate of drug-likeness (QED) is 0.214. The molecular weight excluding hydrogens is 430 g/mol. The lowest BCUT2D eigenvalue weighted by molar-refractivity contribution is -0.384. The molecule has 0 N–H and O–H groups in total. The standard InChI is InChI=1S/C22H19N5O2S2/c1-13-9-14(2)26-22(25-13)31-19-8-7-16(27(28)29)10-15(19)12-24-21-18(11-23)17-5-3-4-6-20(17)30-21/h7-10,12H,3-6H2,1-2H3. The number of nitro groups is 1. The van der Waals surface area contributed by atoms with Gasteiger partial charge in [-0.05, 0) is 69.0 Å². The molecule has 9 heteroatoms. The first-order valence-electron chi connectivity index (χ1n) is 9.82. The van der Waals surface area contributed by atoms with E-state index in [2.05, 4.69) is 21.0 Å². The van der Waals surface area contributed by atoms with Crippen molar-refractivity contribution in [1.29, 1.82) is 5.26 Å². The molecule has 1 aliphatic carbocycles. The predicted octanol–water partition coefficient (Wildman–Crippen LogP) is 5.72. The molecule has 2 aromatic heterocycles. The lowest BCUT2D eigenvalue weighted by atomic mass is 9.96. The third-order valence-corrected chi connectivity index (χ3v) is 7.11. The van der Waals surface area contributed by atoms with Crippen molar-refractivity contribution in [3.63, 3.8) is 0 Å². The normalized spacial score (nSPS) is 13.2. The van der Waals surface area contributed by atoms with Crippen LogP contribution in [0.2, 0.25) is 0 Å². The Morgan fingerprint density at radius 1 is 1.23 bits per heavy atom. The molecule has 0 saturated carbocycles. The molecule has 0 atom stereocenters. The zero-order chi connectivity index (χ0) is 22.0. The fourth-order valence-electron chi connectivity index (χ4n) is 3.57. The third kappa shape index (κ3) is 4.65. The molecule has 3 aromatic rings. The summed E-state index contributed by atoms with van der Waals surface area (Å²) in [6, 6.07) is 8.84. The molecule has 0 unspecified atom stereocenters. The molecule has 1 aliphatic rings. The second-order valence-electron chi connectivity index (χ2n) is 7.28. The summed E-state index contributed by atoms with van der Waals surface area (Å²) >= 11 is 2.88. The minimum absolute atomic E-state index is 0.0156. The molecule has 0 spiro atoms. The predicted molar refractivity (Wildman–Crippen MR) is 122 cm³/mol. The molecule has 0 saturated heterocycles. The fraction of sp³-hybridized carbons (Fsp3) is 0.273. The first-order valence-corrected chi connectivity index (χ1v) is 11.4. The molecule has 2 heterocycles. The molecule has 31 heavy (non-hydrogen) atoms. The Hall–Kier alpha value is -3.09. The second kappa shape index (κ2) is 8.96. The van der Waals surface area contributed by atoms with Crippen LogP contribution in [0.15, 0.2) is 39.3 Å². The summed E-state index contributed by atoms with van der Waals surface area (Å²) in [7, 11) is 0. The van der Waals surface area contributed by atoms with E-state index in [0.29, 0.717) is 21.3 Å². The van der Waals surface area contributed by atoms with Crippen LogP contribution < -0.4 is 0 Å². The van der Waals surface area contributed by atoms with E-state index in [1.54, 1.807) is 23.6 Å². The number of aryl methyl sites for hydroxylation is 3. The second-order valence-corrected chi connectivity index (χ2v) is 9.37. The zero-order valence-corrected chi connectivity index (χ0v) is 18.7. The van der Waals surface area contributed by atoms with Crippen molar-refractivity contribution in [3.05, 3.63) is 67.3 Å². The van der Waals surface area contributed by atoms with Gasteiger partial charge in [-0.3, -0.25) is 10.1 Å². The highest BCUT2D eigenvalue weighted by molar-refractivity contribution is 7.99. The van der Waals surface area contributed by atoms with E-state index < -0.39 is 4.92 Å². The Kier molecular flexibility index (Phi) is 6.11. The van der Waals surface area contributed by atoms with Crippen LogP contribution in [-0.4, -0.2) is 21.1 Å². The SMILES string of the molecule is Cc1cc(C)nc(Sc2ccc([N+](=O)[O-])cc2C=Nc2sc3c(c2C#N)CCCC3)n1. The van der Waals surface area contributed by atoms with Gasteiger partial charge in [-0.25, -0.2) is 15.0 Å². The molecule has 4 rings (SSSR count). The number of nitrogens with zero attached hydrogens (tertiary/aromatic N) is 5. The average molecular weight is 450 g/mol. The number of thiophene rings is 1. The maximum atomic E-state index is 11.3. The van der Waals surface area contributed by atoms with Crippen molar-refractivity contribution in [3.8, 4) is 6.07 Å². The topological polar surface area (TPSA) is 105 Å². The summed E-state index contributed by atoms with van der Waals surface area (Å²) in [6.07, 6.45) is 5.71. The van der Waals surface area contributed by atoms with Gasteiger partial charge < -0.3 is 0 Å². The Morgan fingerprint density at radius 3 is 2.68 bits per heavy atom. The van der Waals surface area contributed by atoms with Gasteiger partial charge in [0.2, 0.25) is 0 Å². The molecule has 0 radical (unpaired) electrons. The molecule has 0 bridgehead atoms. The number of hydrogen-bond donors (Lipinski definition) is 0. The van der Waals surface area contributed by atoms with E-state index >= 15 is 0 Å². The van der Waals surface area contributed by atoms with Crippen molar-refractivity contribution in [2.45, 2.75) is 49.6 Å². The monoisotopic (exact) mass is 449 g/mol. The van der Waals surface area contributed by atoms with Gasteiger partial charge in [0.05, 0.1) is 10.5 Å². The molecule has 1 aromatic carbocycles. The highest BCUT2D eigenvalue weighted by atomic mass is 32.2. The van der Waals surface area contributed by atoms with Gasteiger partial charge in [0.1, 0.15) is 11.1 Å². The summed E-state index contributed by atoms with van der Waals surface area (Å²) in [6.45, 7) is 3.80. The van der Waals surface area contributed by atoms with E-state index in [1.807, 2.05) is 19.9 Å². The number of nitriles is 1. The first kappa shape index (κ1) is 21.2. The van der Waals surface area contributed by atoms with Crippen LogP contribution in [0.3, 0.4) is 0 Å². The van der Waals surface area contributed by atoms with Crippen molar-refractivity contribution in [2.24, 2.45) is 4.99 Å². The van der Waals surface area contributed by atoms with Crippen LogP contribution in [0.4, 0.5) is 10.7 Å². The van der Waals surface area contributed by atoms with Gasteiger partial charge in [-0.2, -0.15) is 5.26 Å². The number of non-ortho nitro benzene ring substituents is 1. The average Bonchev–Trinajstić information content (AvgIpc) is 3.09. The minimum Gasteiger partial charge on any atom is -0.258 e. The molecule has 0 amide bonds. The molecule has 7 nitrogen and oxygen atoms in total. The van der Waals surface area contributed by atoms with E-state index in [4.69, 9.17) is 0 Å². The highest BCUT2D eigenvalue weighted by Gasteiger charge is 2.20. The van der Waals surface area contributed by atoms with Gasteiger partial charge in [0, 0.05) is 45.1 Å². The summed E-state index contributed by atoms with van der Waals surface area (Å²) in [4.78, 5) is 26.4. The summed E-state index contributed by atoms with van der Waals surface area (Å²) in [5, 5.41) is 22.2. The lowest BCUT2D eigenvalue weighted by Gasteiger charge is -2.09. The van der Waals surface area contributed by atoms with Crippen LogP contribution in [0.1, 0.15) is 45.8 Å². The zero-order valence-electron chi connectivity index (χ0n) is 17.1. The maximum absolute atomic E-state index is 11.3. The summed E-state index contributed by atoms with van der Waals surface area (Å²) < 4.78 is 0. The van der Waals surface area contributed by atoms with E-state index in [9.17, 15) is 15.4 Å². The molecule has 0 aliphatic heterocycles. The van der Waals surface area contributed by atoms with Crippen LogP contribution >= 0.6 is 23.1 Å². The van der Waals surface area contributed by atoms with Crippen molar-refractivity contribution in [1.82, 2.24) is 9.97 Å². The van der Waals surface area contributed by atoms with Gasteiger partial charge in [-0.1, -0.05) is 0 Å². The Labute approximate surface area is 188 Å². The molecule has 156 valence electrons. The minimum atomic E-state index is -0.427. The number of rotatable bonds is 5. The van der Waals surface area contributed by atoms with E-state index in [-0.39, 0.29) is 5.69 Å². The highest BCUT2D eigenvalue weighted by Crippen LogP contribution is 2.39. The Morgan fingerprint density at radius 2 is 1.97 bits per heavy atom. The fourth-order valence-corrected chi connectivity index (χ4v) is 5.69. The lowest BCUT2D eigenvalue weighted by Crippen LogP contribution is -1.99. The smallest absolute Gasteiger partial charge is 0.258 e. The number of fused-ring (bicyclic) bond motifs is 1. The van der Waals surface area contributed by atoms with Crippen LogP contribution in [-0.2, 0) is 12.8 Å². The van der Waals surface area contributed by atoms with E-state index in [0.717, 1.165) is 47.5 Å². The van der Waals surface area contributed by atoms with Gasteiger partial charge >= 0.3 is 0 Å². The third-order valence-electron chi connectivity index (χ3n) is 4.95. The van der Waals surface area contributed by atoms with Gasteiger partial charge in [0.25, 0.3) is 5.69 Å². The Balaban J connectivity index is 1.73.